The lowest BCUT2D eigenvalue weighted by Crippen LogP contribution is -2.38. The fourth-order valence-corrected chi connectivity index (χ4v) is 2.37. The van der Waals surface area contributed by atoms with Gasteiger partial charge in [0.05, 0.1) is 6.54 Å². The van der Waals surface area contributed by atoms with E-state index in [9.17, 15) is 4.39 Å². The molecule has 2 N–H and O–H groups in total. The van der Waals surface area contributed by atoms with Gasteiger partial charge in [0.1, 0.15) is 5.82 Å². The van der Waals surface area contributed by atoms with Crippen LogP contribution in [0, 0.1) is 5.82 Å². The second-order valence-electron chi connectivity index (χ2n) is 5.27. The fourth-order valence-electron chi connectivity index (χ4n) is 2.37. The molecule has 2 aromatic heterocycles. The second kappa shape index (κ2) is 7.54. The molecule has 0 bridgehead atoms. The molecule has 0 radical (unpaired) electrons. The summed E-state index contributed by atoms with van der Waals surface area (Å²) in [4.78, 5) is 4.19. The zero-order chi connectivity index (χ0) is 16.8. The quantitative estimate of drug-likeness (QED) is 0.554. The lowest BCUT2D eigenvalue weighted by atomic mass is 10.1. The van der Waals surface area contributed by atoms with E-state index in [2.05, 4.69) is 25.8 Å². The molecule has 0 atom stereocenters. The number of fused-ring (bicyclic) bond motifs is 1. The number of guanidine groups is 1. The number of nitrogens with zero attached hydrogens (tertiary/aromatic N) is 4. The van der Waals surface area contributed by atoms with Gasteiger partial charge in [0.2, 0.25) is 0 Å². The molecule has 24 heavy (non-hydrogen) atoms. The first-order chi connectivity index (χ1) is 11.8. The lowest BCUT2D eigenvalue weighted by Gasteiger charge is -2.11. The minimum absolute atomic E-state index is 0.218. The Labute approximate surface area is 139 Å². The maximum absolute atomic E-state index is 12.9. The molecule has 0 unspecified atom stereocenters. The third-order valence-electron chi connectivity index (χ3n) is 3.64. The summed E-state index contributed by atoms with van der Waals surface area (Å²) in [6.07, 6.45) is 2.71. The van der Waals surface area contributed by atoms with E-state index < -0.39 is 0 Å². The summed E-state index contributed by atoms with van der Waals surface area (Å²) in [6, 6.07) is 12.3. The number of pyridine rings is 1. The van der Waals surface area contributed by atoms with Crippen LogP contribution in [0.25, 0.3) is 5.65 Å². The Balaban J connectivity index is 1.51. The minimum Gasteiger partial charge on any atom is -0.356 e. The molecule has 3 rings (SSSR count). The van der Waals surface area contributed by atoms with Crippen molar-refractivity contribution in [1.29, 1.82) is 0 Å². The highest BCUT2D eigenvalue weighted by molar-refractivity contribution is 5.79. The molecule has 1 aromatic carbocycles. The number of aliphatic imine (C=N–C) groups is 1. The van der Waals surface area contributed by atoms with Gasteiger partial charge in [0, 0.05) is 19.8 Å². The van der Waals surface area contributed by atoms with Gasteiger partial charge in [0.25, 0.3) is 0 Å². The number of hydrogen-bond acceptors (Lipinski definition) is 3. The highest BCUT2D eigenvalue weighted by Crippen LogP contribution is 2.03. The molecule has 2 heterocycles. The molecule has 124 valence electrons. The normalized spacial score (nSPS) is 11.7. The zero-order valence-corrected chi connectivity index (χ0v) is 13.4. The summed E-state index contributed by atoms with van der Waals surface area (Å²) < 4.78 is 14.8. The van der Waals surface area contributed by atoms with Crippen LogP contribution in [0.4, 0.5) is 4.39 Å². The number of benzene rings is 1. The molecule has 0 spiro atoms. The van der Waals surface area contributed by atoms with E-state index in [0.29, 0.717) is 19.0 Å². The predicted molar refractivity (Wildman–Crippen MR) is 91.3 cm³/mol. The summed E-state index contributed by atoms with van der Waals surface area (Å²) in [5.41, 5.74) is 1.89. The summed E-state index contributed by atoms with van der Waals surface area (Å²) in [7, 11) is 1.72. The van der Waals surface area contributed by atoms with Crippen LogP contribution in [0.5, 0.6) is 0 Å². The van der Waals surface area contributed by atoms with Crippen LogP contribution in [0.15, 0.2) is 53.7 Å². The average Bonchev–Trinajstić information content (AvgIpc) is 3.03. The Morgan fingerprint density at radius 3 is 2.75 bits per heavy atom. The summed E-state index contributed by atoms with van der Waals surface area (Å²) >= 11 is 0. The van der Waals surface area contributed by atoms with Crippen molar-refractivity contribution in [2.75, 3.05) is 13.6 Å². The number of aromatic nitrogens is 3. The number of rotatable bonds is 5. The number of hydrogen-bond donors (Lipinski definition) is 2. The first-order valence-electron chi connectivity index (χ1n) is 7.74. The maximum Gasteiger partial charge on any atom is 0.191 e. The Hall–Kier alpha value is -2.96. The van der Waals surface area contributed by atoms with Crippen LogP contribution >= 0.6 is 0 Å². The van der Waals surface area contributed by atoms with E-state index in [0.717, 1.165) is 23.5 Å². The Bertz CT molecular complexity index is 824. The molecule has 7 heteroatoms. The van der Waals surface area contributed by atoms with Crippen molar-refractivity contribution in [2.45, 2.75) is 13.0 Å². The molecule has 0 fully saturated rings. The SMILES string of the molecule is CN=C(NCCc1ccc(F)cc1)NCc1nnc2ccccn12. The van der Waals surface area contributed by atoms with Crippen molar-refractivity contribution in [3.05, 3.63) is 65.9 Å². The molecule has 0 aliphatic carbocycles. The van der Waals surface area contributed by atoms with E-state index in [1.165, 1.54) is 12.1 Å². The van der Waals surface area contributed by atoms with E-state index in [-0.39, 0.29) is 5.82 Å². The smallest absolute Gasteiger partial charge is 0.191 e. The van der Waals surface area contributed by atoms with Gasteiger partial charge < -0.3 is 10.6 Å². The average molecular weight is 326 g/mol. The molecular formula is C17H19FN6. The third kappa shape index (κ3) is 3.87. The zero-order valence-electron chi connectivity index (χ0n) is 13.4. The molecule has 0 aliphatic rings. The molecule has 0 saturated heterocycles. The minimum atomic E-state index is -0.218. The van der Waals surface area contributed by atoms with Gasteiger partial charge in [-0.25, -0.2) is 4.39 Å². The maximum atomic E-state index is 12.9. The van der Waals surface area contributed by atoms with Crippen LogP contribution < -0.4 is 10.6 Å². The summed E-state index contributed by atoms with van der Waals surface area (Å²) in [6.45, 7) is 1.22. The molecule has 0 amide bonds. The summed E-state index contributed by atoms with van der Waals surface area (Å²) in [5.74, 6) is 1.28. The van der Waals surface area contributed by atoms with E-state index in [4.69, 9.17) is 0 Å². The standard InChI is InChI=1S/C17H19FN6/c1-19-17(20-10-9-13-5-7-14(18)8-6-13)21-12-16-23-22-15-4-2-3-11-24(15)16/h2-8,11H,9-10,12H2,1H3,(H2,19,20,21). The lowest BCUT2D eigenvalue weighted by molar-refractivity contribution is 0.626. The Morgan fingerprint density at radius 2 is 1.96 bits per heavy atom. The van der Waals surface area contributed by atoms with Crippen molar-refractivity contribution in [2.24, 2.45) is 4.99 Å². The van der Waals surface area contributed by atoms with E-state index in [1.54, 1.807) is 19.2 Å². The van der Waals surface area contributed by atoms with E-state index >= 15 is 0 Å². The van der Waals surface area contributed by atoms with Gasteiger partial charge in [-0.05, 0) is 36.2 Å². The Morgan fingerprint density at radius 1 is 1.12 bits per heavy atom. The van der Waals surface area contributed by atoms with Gasteiger partial charge in [-0.15, -0.1) is 10.2 Å². The molecule has 0 aliphatic heterocycles. The highest BCUT2D eigenvalue weighted by atomic mass is 19.1. The molecule has 3 aromatic rings. The Kier molecular flexibility index (Phi) is 5.00. The van der Waals surface area contributed by atoms with Crippen molar-refractivity contribution < 1.29 is 4.39 Å². The summed E-state index contributed by atoms with van der Waals surface area (Å²) in [5, 5.41) is 14.7. The van der Waals surface area contributed by atoms with Crippen LogP contribution in [0.2, 0.25) is 0 Å². The van der Waals surface area contributed by atoms with E-state index in [1.807, 2.05) is 28.8 Å². The van der Waals surface area contributed by atoms with Crippen LogP contribution in [-0.2, 0) is 13.0 Å². The molecule has 0 saturated carbocycles. The predicted octanol–water partition coefficient (Wildman–Crippen LogP) is 1.78. The van der Waals surface area contributed by atoms with Crippen molar-refractivity contribution >= 4 is 11.6 Å². The van der Waals surface area contributed by atoms with Crippen LogP contribution in [0.3, 0.4) is 0 Å². The van der Waals surface area contributed by atoms with Gasteiger partial charge >= 0.3 is 0 Å². The molecule has 6 nitrogen and oxygen atoms in total. The van der Waals surface area contributed by atoms with Gasteiger partial charge in [-0.1, -0.05) is 18.2 Å². The van der Waals surface area contributed by atoms with Gasteiger partial charge in [0.15, 0.2) is 17.4 Å². The van der Waals surface area contributed by atoms with Crippen LogP contribution in [-0.4, -0.2) is 34.2 Å². The van der Waals surface area contributed by atoms with Crippen molar-refractivity contribution in [3.63, 3.8) is 0 Å². The number of nitrogens with one attached hydrogen (secondary N) is 2. The van der Waals surface area contributed by atoms with Crippen molar-refractivity contribution in [1.82, 2.24) is 25.2 Å². The van der Waals surface area contributed by atoms with Crippen molar-refractivity contribution in [3.8, 4) is 0 Å². The third-order valence-corrected chi connectivity index (χ3v) is 3.64. The second-order valence-corrected chi connectivity index (χ2v) is 5.27. The monoisotopic (exact) mass is 326 g/mol. The fraction of sp³-hybridized carbons (Fsp3) is 0.235. The van der Waals surface area contributed by atoms with Crippen LogP contribution in [0.1, 0.15) is 11.4 Å². The number of halogens is 1. The van der Waals surface area contributed by atoms with Gasteiger partial charge in [-0.2, -0.15) is 0 Å². The largest absolute Gasteiger partial charge is 0.356 e. The highest BCUT2D eigenvalue weighted by Gasteiger charge is 2.05. The first kappa shape index (κ1) is 15.9. The molecular weight excluding hydrogens is 307 g/mol. The topological polar surface area (TPSA) is 66.6 Å². The van der Waals surface area contributed by atoms with Gasteiger partial charge in [-0.3, -0.25) is 9.39 Å². The first-order valence-corrected chi connectivity index (χ1v) is 7.74.